The first kappa shape index (κ1) is 9.27. The molecule has 0 aliphatic rings. The van der Waals surface area contributed by atoms with Gasteiger partial charge in [-0.1, -0.05) is 0 Å². The normalized spacial score (nSPS) is 10.4. The monoisotopic (exact) mass is 253 g/mol. The number of aromatic nitrogens is 1. The van der Waals surface area contributed by atoms with Gasteiger partial charge in [0.15, 0.2) is 6.29 Å². The smallest absolute Gasteiger partial charge is 0.152 e. The number of halogens is 1. The zero-order valence-corrected chi connectivity index (χ0v) is 9.09. The molecule has 2 rings (SSSR count). The molecule has 1 aromatic heterocycles. The van der Waals surface area contributed by atoms with Gasteiger partial charge in [0.1, 0.15) is 5.75 Å². The second kappa shape index (κ2) is 3.46. The summed E-state index contributed by atoms with van der Waals surface area (Å²) < 4.78 is 6.08. The summed E-state index contributed by atoms with van der Waals surface area (Å²) in [6.45, 7) is 0. The minimum Gasteiger partial charge on any atom is -0.495 e. The molecule has 0 radical (unpaired) electrons. The van der Waals surface area contributed by atoms with Gasteiger partial charge >= 0.3 is 0 Å². The Bertz CT molecular complexity index is 490. The van der Waals surface area contributed by atoms with Gasteiger partial charge in [-0.05, 0) is 28.1 Å². The van der Waals surface area contributed by atoms with Crippen molar-refractivity contribution in [2.45, 2.75) is 0 Å². The Labute approximate surface area is 89.2 Å². The van der Waals surface area contributed by atoms with Gasteiger partial charge in [-0.3, -0.25) is 4.79 Å². The Morgan fingerprint density at radius 1 is 1.50 bits per heavy atom. The van der Waals surface area contributed by atoms with E-state index in [4.69, 9.17) is 4.74 Å². The van der Waals surface area contributed by atoms with E-state index in [0.717, 1.165) is 21.7 Å². The Morgan fingerprint density at radius 3 is 2.93 bits per heavy atom. The molecule has 0 saturated heterocycles. The molecule has 1 heterocycles. The van der Waals surface area contributed by atoms with Crippen LogP contribution in [0, 0.1) is 0 Å². The highest BCUT2D eigenvalue weighted by molar-refractivity contribution is 9.10. The number of carbonyl (C=O) groups is 1. The Morgan fingerprint density at radius 2 is 2.29 bits per heavy atom. The summed E-state index contributed by atoms with van der Waals surface area (Å²) in [7, 11) is 1.58. The number of hydrogen-bond acceptors (Lipinski definition) is 2. The molecular formula is C10H8BrNO2. The van der Waals surface area contributed by atoms with Gasteiger partial charge in [-0.15, -0.1) is 0 Å². The van der Waals surface area contributed by atoms with Crippen LogP contribution in [0.15, 0.2) is 22.8 Å². The number of fused-ring (bicyclic) bond motifs is 1. The third-order valence-corrected chi connectivity index (χ3v) is 2.74. The van der Waals surface area contributed by atoms with Crippen molar-refractivity contribution in [3.05, 3.63) is 28.4 Å². The molecule has 0 fully saturated rings. The topological polar surface area (TPSA) is 42.1 Å². The van der Waals surface area contributed by atoms with Crippen LogP contribution < -0.4 is 4.74 Å². The standard InChI is InChI=1S/C10H8BrNO2/c1-14-10-7(11)2-3-8-9(10)6(5-13)4-12-8/h2-5,12H,1H3. The molecule has 0 bridgehead atoms. The zero-order valence-electron chi connectivity index (χ0n) is 7.50. The van der Waals surface area contributed by atoms with Crippen molar-refractivity contribution in [1.82, 2.24) is 4.98 Å². The highest BCUT2D eigenvalue weighted by atomic mass is 79.9. The molecule has 0 amide bonds. The number of methoxy groups -OCH3 is 1. The number of aromatic amines is 1. The second-order valence-electron chi connectivity index (χ2n) is 2.87. The number of H-pyrrole nitrogens is 1. The predicted octanol–water partition coefficient (Wildman–Crippen LogP) is 2.75. The number of ether oxygens (including phenoxy) is 1. The Kier molecular flexibility index (Phi) is 2.29. The van der Waals surface area contributed by atoms with Crippen LogP contribution in [0.2, 0.25) is 0 Å². The fourth-order valence-corrected chi connectivity index (χ4v) is 1.98. The number of carbonyl (C=O) groups excluding carboxylic acids is 1. The molecule has 1 N–H and O–H groups in total. The molecule has 0 saturated carbocycles. The molecule has 0 aliphatic carbocycles. The number of hydrogen-bond donors (Lipinski definition) is 1. The zero-order chi connectivity index (χ0) is 10.1. The SMILES string of the molecule is COc1c(Br)ccc2[nH]cc(C=O)c12. The first-order valence-corrected chi connectivity index (χ1v) is 4.86. The van der Waals surface area contributed by atoms with Crippen LogP contribution in [0.25, 0.3) is 10.9 Å². The van der Waals surface area contributed by atoms with E-state index in [1.165, 1.54) is 0 Å². The average Bonchev–Trinajstić information content (AvgIpc) is 2.61. The van der Waals surface area contributed by atoms with Gasteiger partial charge in [0, 0.05) is 17.3 Å². The maximum atomic E-state index is 10.8. The summed E-state index contributed by atoms with van der Waals surface area (Å²) >= 11 is 3.37. The lowest BCUT2D eigenvalue weighted by molar-refractivity contribution is 0.112. The van der Waals surface area contributed by atoms with Gasteiger partial charge in [0.25, 0.3) is 0 Å². The van der Waals surface area contributed by atoms with Crippen LogP contribution >= 0.6 is 15.9 Å². The van der Waals surface area contributed by atoms with E-state index in [2.05, 4.69) is 20.9 Å². The molecule has 14 heavy (non-hydrogen) atoms. The summed E-state index contributed by atoms with van der Waals surface area (Å²) in [4.78, 5) is 13.8. The van der Waals surface area contributed by atoms with Crippen LogP contribution in [-0.4, -0.2) is 18.4 Å². The molecule has 3 nitrogen and oxygen atoms in total. The molecular weight excluding hydrogens is 246 g/mol. The van der Waals surface area contributed by atoms with E-state index in [-0.39, 0.29) is 0 Å². The molecule has 0 unspecified atom stereocenters. The summed E-state index contributed by atoms with van der Waals surface area (Å²) in [5, 5.41) is 0.817. The van der Waals surface area contributed by atoms with Crippen LogP contribution in [0.5, 0.6) is 5.75 Å². The number of rotatable bonds is 2. The summed E-state index contributed by atoms with van der Waals surface area (Å²) in [5.74, 6) is 0.686. The van der Waals surface area contributed by atoms with Crippen molar-refractivity contribution < 1.29 is 9.53 Å². The van der Waals surface area contributed by atoms with E-state index in [1.807, 2.05) is 12.1 Å². The molecule has 0 spiro atoms. The van der Waals surface area contributed by atoms with Gasteiger partial charge < -0.3 is 9.72 Å². The molecule has 0 aliphatic heterocycles. The van der Waals surface area contributed by atoms with Crippen LogP contribution in [0.1, 0.15) is 10.4 Å². The Hall–Kier alpha value is -1.29. The average molecular weight is 254 g/mol. The third kappa shape index (κ3) is 1.23. The highest BCUT2D eigenvalue weighted by Crippen LogP contribution is 2.34. The van der Waals surface area contributed by atoms with E-state index >= 15 is 0 Å². The number of benzene rings is 1. The summed E-state index contributed by atoms with van der Waals surface area (Å²) in [5.41, 5.74) is 1.50. The first-order valence-electron chi connectivity index (χ1n) is 4.06. The maximum Gasteiger partial charge on any atom is 0.152 e. The number of nitrogens with one attached hydrogen (secondary N) is 1. The van der Waals surface area contributed by atoms with Crippen molar-refractivity contribution in [2.24, 2.45) is 0 Å². The largest absolute Gasteiger partial charge is 0.495 e. The number of aldehydes is 1. The minimum atomic E-state index is 0.609. The van der Waals surface area contributed by atoms with Gasteiger partial charge in [-0.2, -0.15) is 0 Å². The molecule has 0 atom stereocenters. The highest BCUT2D eigenvalue weighted by Gasteiger charge is 2.11. The van der Waals surface area contributed by atoms with E-state index < -0.39 is 0 Å². The van der Waals surface area contributed by atoms with Gasteiger partial charge in [0.05, 0.1) is 17.0 Å². The molecule has 4 heteroatoms. The maximum absolute atomic E-state index is 10.8. The van der Waals surface area contributed by atoms with Crippen molar-refractivity contribution in [2.75, 3.05) is 7.11 Å². The summed E-state index contributed by atoms with van der Waals surface area (Å²) in [6.07, 6.45) is 2.49. The molecule has 72 valence electrons. The van der Waals surface area contributed by atoms with E-state index in [9.17, 15) is 4.79 Å². The second-order valence-corrected chi connectivity index (χ2v) is 3.72. The molecule has 2 aromatic rings. The van der Waals surface area contributed by atoms with Crippen LogP contribution in [-0.2, 0) is 0 Å². The lowest BCUT2D eigenvalue weighted by Crippen LogP contribution is -1.87. The fourth-order valence-electron chi connectivity index (χ4n) is 1.48. The lowest BCUT2D eigenvalue weighted by Gasteiger charge is -2.04. The van der Waals surface area contributed by atoms with Crippen molar-refractivity contribution in [3.63, 3.8) is 0 Å². The lowest BCUT2D eigenvalue weighted by atomic mass is 10.2. The van der Waals surface area contributed by atoms with E-state index in [0.29, 0.717) is 11.3 Å². The summed E-state index contributed by atoms with van der Waals surface area (Å²) in [6, 6.07) is 3.78. The fraction of sp³-hybridized carbons (Fsp3) is 0.100. The first-order chi connectivity index (χ1) is 6.77. The van der Waals surface area contributed by atoms with Crippen molar-refractivity contribution >= 4 is 33.1 Å². The predicted molar refractivity (Wildman–Crippen MR) is 57.9 cm³/mol. The minimum absolute atomic E-state index is 0.609. The Balaban J connectivity index is 2.88. The third-order valence-electron chi connectivity index (χ3n) is 2.11. The van der Waals surface area contributed by atoms with Crippen molar-refractivity contribution in [1.29, 1.82) is 0 Å². The van der Waals surface area contributed by atoms with Gasteiger partial charge in [0.2, 0.25) is 0 Å². The van der Waals surface area contributed by atoms with Crippen LogP contribution in [0.4, 0.5) is 0 Å². The quantitative estimate of drug-likeness (QED) is 0.837. The van der Waals surface area contributed by atoms with Crippen LogP contribution in [0.3, 0.4) is 0 Å². The van der Waals surface area contributed by atoms with Gasteiger partial charge in [-0.25, -0.2) is 0 Å². The molecule has 1 aromatic carbocycles. The van der Waals surface area contributed by atoms with Crippen molar-refractivity contribution in [3.8, 4) is 5.75 Å². The van der Waals surface area contributed by atoms with E-state index in [1.54, 1.807) is 13.3 Å².